The molecule has 4 nitrogen and oxygen atoms in total. The number of para-hydroxylation sites is 2. The minimum atomic E-state index is 0.411. The lowest BCUT2D eigenvalue weighted by molar-refractivity contribution is 0.167. The molecule has 0 amide bonds. The van der Waals surface area contributed by atoms with Gasteiger partial charge in [-0.3, -0.25) is 4.90 Å². The lowest BCUT2D eigenvalue weighted by Crippen LogP contribution is -2.33. The molecule has 3 aromatic rings. The summed E-state index contributed by atoms with van der Waals surface area (Å²) >= 11 is 0. The van der Waals surface area contributed by atoms with Gasteiger partial charge in [-0.05, 0) is 50.1 Å². The van der Waals surface area contributed by atoms with Crippen LogP contribution in [0.3, 0.4) is 0 Å². The number of benzene rings is 2. The Morgan fingerprint density at radius 3 is 2.86 bits per heavy atom. The zero-order valence-electron chi connectivity index (χ0n) is 17.3. The number of aryl methyl sites for hydroxylation is 1. The van der Waals surface area contributed by atoms with Crippen molar-refractivity contribution in [1.82, 2.24) is 9.88 Å². The number of nitrogens with zero attached hydrogens (tertiary/aromatic N) is 2. The highest BCUT2D eigenvalue weighted by atomic mass is 16.5. The molecular weight excluding hydrogens is 358 g/mol. The first-order valence-corrected chi connectivity index (χ1v) is 10.4. The Morgan fingerprint density at radius 2 is 2.03 bits per heavy atom. The minimum absolute atomic E-state index is 0.411. The van der Waals surface area contributed by atoms with E-state index in [0.717, 1.165) is 46.8 Å². The van der Waals surface area contributed by atoms with E-state index >= 15 is 0 Å². The molecule has 0 radical (unpaired) electrons. The molecule has 1 atom stereocenters. The van der Waals surface area contributed by atoms with E-state index in [1.807, 2.05) is 25.1 Å². The largest absolute Gasteiger partial charge is 0.494 e. The standard InChI is InChI=1S/C25H29N3O/c1-4-15-28-16-8-7-13-23(28)19-10-5-6-12-21(19)27-22-17-18(2)26-25-20(22)11-9-14-24(25)29-3/h4-6,9-12,14,17,23H,1,7-8,13,15-16H2,2-3H3,(H,26,27)/t23-/m0/s1. The van der Waals surface area contributed by atoms with Crippen LogP contribution in [0.1, 0.15) is 36.6 Å². The summed E-state index contributed by atoms with van der Waals surface area (Å²) in [5.74, 6) is 0.798. The second-order valence-corrected chi connectivity index (χ2v) is 7.68. The van der Waals surface area contributed by atoms with E-state index in [0.29, 0.717) is 6.04 Å². The van der Waals surface area contributed by atoms with Gasteiger partial charge in [0.15, 0.2) is 0 Å². The van der Waals surface area contributed by atoms with Gasteiger partial charge in [0.1, 0.15) is 11.3 Å². The molecule has 2 aromatic carbocycles. The number of pyridine rings is 1. The van der Waals surface area contributed by atoms with Gasteiger partial charge in [-0.15, -0.1) is 6.58 Å². The fraction of sp³-hybridized carbons (Fsp3) is 0.320. The molecule has 0 bridgehead atoms. The normalized spacial score (nSPS) is 17.2. The summed E-state index contributed by atoms with van der Waals surface area (Å²) in [5.41, 5.74) is 5.42. The average Bonchev–Trinajstić information content (AvgIpc) is 2.74. The highest BCUT2D eigenvalue weighted by Gasteiger charge is 2.25. The SMILES string of the molecule is C=CCN1CCCC[C@H]1c1ccccc1Nc1cc(C)nc2c(OC)cccc12. The van der Waals surface area contributed by atoms with E-state index in [-0.39, 0.29) is 0 Å². The van der Waals surface area contributed by atoms with Crippen LogP contribution in [0.2, 0.25) is 0 Å². The van der Waals surface area contributed by atoms with Crippen molar-refractivity contribution >= 4 is 22.3 Å². The van der Waals surface area contributed by atoms with Crippen LogP contribution >= 0.6 is 0 Å². The third-order valence-electron chi connectivity index (χ3n) is 5.72. The first kappa shape index (κ1) is 19.5. The van der Waals surface area contributed by atoms with Crippen molar-refractivity contribution in [2.45, 2.75) is 32.2 Å². The Morgan fingerprint density at radius 1 is 1.17 bits per heavy atom. The minimum Gasteiger partial charge on any atom is -0.494 e. The smallest absolute Gasteiger partial charge is 0.145 e. The lowest BCUT2D eigenvalue weighted by atomic mass is 9.93. The average molecular weight is 388 g/mol. The number of hydrogen-bond acceptors (Lipinski definition) is 4. The maximum absolute atomic E-state index is 5.54. The summed E-state index contributed by atoms with van der Waals surface area (Å²) in [6.07, 6.45) is 5.71. The monoisotopic (exact) mass is 387 g/mol. The first-order valence-electron chi connectivity index (χ1n) is 10.4. The summed E-state index contributed by atoms with van der Waals surface area (Å²) in [4.78, 5) is 7.25. The Balaban J connectivity index is 1.75. The molecule has 1 aliphatic heterocycles. The second kappa shape index (κ2) is 8.66. The van der Waals surface area contributed by atoms with E-state index in [1.54, 1.807) is 7.11 Å². The molecule has 1 N–H and O–H groups in total. The van der Waals surface area contributed by atoms with Crippen molar-refractivity contribution in [3.05, 3.63) is 72.4 Å². The number of anilines is 2. The van der Waals surface area contributed by atoms with Crippen LogP contribution in [-0.4, -0.2) is 30.1 Å². The van der Waals surface area contributed by atoms with Crippen molar-refractivity contribution in [2.75, 3.05) is 25.5 Å². The topological polar surface area (TPSA) is 37.4 Å². The molecule has 4 heteroatoms. The number of fused-ring (bicyclic) bond motifs is 1. The van der Waals surface area contributed by atoms with Crippen LogP contribution in [-0.2, 0) is 0 Å². The highest BCUT2D eigenvalue weighted by molar-refractivity contribution is 5.96. The Bertz CT molecular complexity index is 1010. The van der Waals surface area contributed by atoms with Gasteiger partial charge >= 0.3 is 0 Å². The Kier molecular flexibility index (Phi) is 5.81. The van der Waals surface area contributed by atoms with Crippen LogP contribution in [0.25, 0.3) is 10.9 Å². The Hall–Kier alpha value is -2.85. The molecule has 1 aliphatic rings. The third-order valence-corrected chi connectivity index (χ3v) is 5.72. The molecule has 29 heavy (non-hydrogen) atoms. The van der Waals surface area contributed by atoms with Gasteiger partial charge in [-0.1, -0.05) is 42.8 Å². The van der Waals surface area contributed by atoms with Crippen LogP contribution < -0.4 is 10.1 Å². The maximum Gasteiger partial charge on any atom is 0.145 e. The molecule has 0 aliphatic carbocycles. The number of hydrogen-bond donors (Lipinski definition) is 1. The van der Waals surface area contributed by atoms with E-state index in [9.17, 15) is 0 Å². The van der Waals surface area contributed by atoms with E-state index < -0.39 is 0 Å². The lowest BCUT2D eigenvalue weighted by Gasteiger charge is -2.36. The quantitative estimate of drug-likeness (QED) is 0.526. The van der Waals surface area contributed by atoms with Crippen LogP contribution in [0.4, 0.5) is 11.4 Å². The van der Waals surface area contributed by atoms with Gasteiger partial charge in [-0.2, -0.15) is 0 Å². The zero-order valence-corrected chi connectivity index (χ0v) is 17.3. The van der Waals surface area contributed by atoms with Gasteiger partial charge in [0.25, 0.3) is 0 Å². The first-order chi connectivity index (χ1) is 14.2. The van der Waals surface area contributed by atoms with Crippen molar-refractivity contribution in [2.24, 2.45) is 0 Å². The van der Waals surface area contributed by atoms with Gasteiger partial charge in [-0.25, -0.2) is 4.98 Å². The molecule has 2 heterocycles. The van der Waals surface area contributed by atoms with E-state index in [4.69, 9.17) is 9.72 Å². The number of likely N-dealkylation sites (tertiary alicyclic amines) is 1. The molecule has 1 saturated heterocycles. The summed E-state index contributed by atoms with van der Waals surface area (Å²) in [7, 11) is 1.69. The molecule has 4 rings (SSSR count). The Labute approximate surface area is 173 Å². The molecule has 1 fully saturated rings. The van der Waals surface area contributed by atoms with Crippen LogP contribution in [0.15, 0.2) is 61.2 Å². The van der Waals surface area contributed by atoms with Crippen molar-refractivity contribution in [3.8, 4) is 5.75 Å². The number of ether oxygens (including phenoxy) is 1. The van der Waals surface area contributed by atoms with Crippen LogP contribution in [0.5, 0.6) is 5.75 Å². The van der Waals surface area contributed by atoms with Gasteiger partial charge < -0.3 is 10.1 Å². The molecule has 0 saturated carbocycles. The zero-order chi connectivity index (χ0) is 20.2. The molecule has 0 spiro atoms. The summed E-state index contributed by atoms with van der Waals surface area (Å²) in [5, 5.41) is 4.79. The number of piperidine rings is 1. The third kappa shape index (κ3) is 3.99. The van der Waals surface area contributed by atoms with Crippen molar-refractivity contribution < 1.29 is 4.74 Å². The van der Waals surface area contributed by atoms with Gasteiger partial charge in [0.05, 0.1) is 7.11 Å². The molecular formula is C25H29N3O. The number of aromatic nitrogens is 1. The van der Waals surface area contributed by atoms with E-state index in [2.05, 4.69) is 53.2 Å². The predicted molar refractivity (Wildman–Crippen MR) is 121 cm³/mol. The molecule has 0 unspecified atom stereocenters. The number of nitrogens with one attached hydrogen (secondary N) is 1. The number of methoxy groups -OCH3 is 1. The fourth-order valence-corrected chi connectivity index (χ4v) is 4.39. The highest BCUT2D eigenvalue weighted by Crippen LogP contribution is 2.38. The van der Waals surface area contributed by atoms with Crippen molar-refractivity contribution in [1.29, 1.82) is 0 Å². The summed E-state index contributed by atoms with van der Waals surface area (Å²) in [6, 6.07) is 17.3. The van der Waals surface area contributed by atoms with Gasteiger partial charge in [0.2, 0.25) is 0 Å². The van der Waals surface area contributed by atoms with Crippen LogP contribution in [0, 0.1) is 6.92 Å². The fourth-order valence-electron chi connectivity index (χ4n) is 4.39. The van der Waals surface area contributed by atoms with E-state index in [1.165, 1.54) is 24.8 Å². The second-order valence-electron chi connectivity index (χ2n) is 7.68. The van der Waals surface area contributed by atoms with Crippen molar-refractivity contribution in [3.63, 3.8) is 0 Å². The van der Waals surface area contributed by atoms with Gasteiger partial charge in [0, 0.05) is 35.0 Å². The molecule has 150 valence electrons. The summed E-state index contributed by atoms with van der Waals surface area (Å²) in [6.45, 7) is 8.03. The number of rotatable bonds is 6. The summed E-state index contributed by atoms with van der Waals surface area (Å²) < 4.78 is 5.54. The predicted octanol–water partition coefficient (Wildman–Crippen LogP) is 6.01. The molecule has 1 aromatic heterocycles. The maximum atomic E-state index is 5.54.